The summed E-state index contributed by atoms with van der Waals surface area (Å²) in [6.45, 7) is 5.50. The molecule has 0 atom stereocenters. The maximum Gasteiger partial charge on any atom is 0.339 e. The third-order valence-corrected chi connectivity index (χ3v) is 5.28. The first-order valence-corrected chi connectivity index (χ1v) is 10.3. The molecule has 0 bridgehead atoms. The minimum Gasteiger partial charge on any atom is -0.493 e. The van der Waals surface area contributed by atoms with Gasteiger partial charge in [-0.25, -0.2) is 4.79 Å². The quantitative estimate of drug-likeness (QED) is 0.366. The highest BCUT2D eigenvalue weighted by Crippen LogP contribution is 2.43. The molecule has 0 aliphatic carbocycles. The first-order chi connectivity index (χ1) is 13.7. The molecule has 0 N–H and O–H groups in total. The van der Waals surface area contributed by atoms with Crippen molar-refractivity contribution >= 4 is 22.2 Å². The number of hydrogen-bond donors (Lipinski definition) is 0. The van der Waals surface area contributed by atoms with Crippen LogP contribution in [-0.4, -0.2) is 35.2 Å². The monoisotopic (exact) mass is 420 g/mol. The van der Waals surface area contributed by atoms with Crippen LogP contribution in [-0.2, 0) is 19.6 Å². The van der Waals surface area contributed by atoms with Crippen molar-refractivity contribution in [3.05, 3.63) is 53.1 Å². The van der Waals surface area contributed by atoms with Crippen molar-refractivity contribution < 1.29 is 31.6 Å². The number of benzene rings is 2. The van der Waals surface area contributed by atoms with Gasteiger partial charge in [-0.15, -0.1) is 0 Å². The molecule has 0 aromatic heterocycles. The van der Waals surface area contributed by atoms with E-state index in [-0.39, 0.29) is 23.0 Å². The molecule has 7 nitrogen and oxygen atoms in total. The molecule has 0 unspecified atom stereocenters. The number of carbonyl (C=O) groups is 1. The minimum absolute atomic E-state index is 0.00838. The second kappa shape index (κ2) is 9.47. The lowest BCUT2D eigenvalue weighted by molar-refractivity contribution is -0.137. The Bertz CT molecular complexity index is 1010. The second-order valence-corrected chi connectivity index (χ2v) is 7.65. The molecule has 29 heavy (non-hydrogen) atoms. The van der Waals surface area contributed by atoms with E-state index >= 15 is 0 Å². The summed E-state index contributed by atoms with van der Waals surface area (Å²) in [6.07, 6.45) is 2.62. The van der Waals surface area contributed by atoms with Crippen molar-refractivity contribution in [2.75, 3.05) is 20.8 Å². The summed E-state index contributed by atoms with van der Waals surface area (Å²) < 4.78 is 46.7. The molecule has 0 radical (unpaired) electrons. The van der Waals surface area contributed by atoms with Crippen LogP contribution in [0.15, 0.2) is 41.3 Å². The van der Waals surface area contributed by atoms with Gasteiger partial charge in [0.15, 0.2) is 11.5 Å². The number of methoxy groups -OCH3 is 2. The Kier molecular flexibility index (Phi) is 7.28. The zero-order valence-corrected chi connectivity index (χ0v) is 17.8. The Balaban J connectivity index is 2.61. The number of hydrogen-bond acceptors (Lipinski definition) is 7. The average molecular weight is 420 g/mol. The molecule has 0 saturated heterocycles. The van der Waals surface area contributed by atoms with Crippen LogP contribution in [0, 0.1) is 13.8 Å². The van der Waals surface area contributed by atoms with Crippen molar-refractivity contribution in [1.29, 1.82) is 0 Å². The third-order valence-electron chi connectivity index (χ3n) is 4.05. The summed E-state index contributed by atoms with van der Waals surface area (Å²) in [5.74, 6) is -0.246. The van der Waals surface area contributed by atoms with Gasteiger partial charge in [-0.2, -0.15) is 8.42 Å². The Hall–Kier alpha value is -3.00. The lowest BCUT2D eigenvalue weighted by Crippen LogP contribution is -2.12. The van der Waals surface area contributed by atoms with Crippen LogP contribution in [0.4, 0.5) is 0 Å². The Labute approximate surface area is 171 Å². The van der Waals surface area contributed by atoms with Crippen molar-refractivity contribution in [2.24, 2.45) is 0 Å². The highest BCUT2D eigenvalue weighted by atomic mass is 32.2. The van der Waals surface area contributed by atoms with Crippen LogP contribution < -0.4 is 13.7 Å². The van der Waals surface area contributed by atoms with E-state index in [0.717, 1.165) is 5.56 Å². The van der Waals surface area contributed by atoms with Crippen LogP contribution in [0.3, 0.4) is 0 Å². The molecule has 8 heteroatoms. The first-order valence-electron chi connectivity index (χ1n) is 8.85. The second-order valence-electron chi connectivity index (χ2n) is 6.11. The SMILES string of the molecule is CCOC(=O)/C=C/c1c(C)cc(OC)c(OC)c1OS(=O)(=O)c1ccc(C)cc1. The minimum atomic E-state index is -4.16. The molecule has 0 fully saturated rings. The molecule has 2 aromatic rings. The molecule has 0 saturated carbocycles. The Morgan fingerprint density at radius 3 is 2.24 bits per heavy atom. The van der Waals surface area contributed by atoms with Crippen molar-refractivity contribution in [1.82, 2.24) is 0 Å². The summed E-state index contributed by atoms with van der Waals surface area (Å²) in [4.78, 5) is 11.7. The Morgan fingerprint density at radius 2 is 1.69 bits per heavy atom. The molecule has 0 spiro atoms. The van der Waals surface area contributed by atoms with Gasteiger partial charge < -0.3 is 18.4 Å². The van der Waals surface area contributed by atoms with Crippen LogP contribution in [0.2, 0.25) is 0 Å². The van der Waals surface area contributed by atoms with Gasteiger partial charge in [0.1, 0.15) is 4.90 Å². The topological polar surface area (TPSA) is 88.1 Å². The van der Waals surface area contributed by atoms with Gasteiger partial charge in [-0.1, -0.05) is 17.7 Å². The number of carbonyl (C=O) groups excluding carboxylic acids is 1. The molecule has 0 amide bonds. The molecule has 0 aliphatic heterocycles. The molecular weight excluding hydrogens is 396 g/mol. The fourth-order valence-electron chi connectivity index (χ4n) is 2.59. The molecule has 2 rings (SSSR count). The fraction of sp³-hybridized carbons (Fsp3) is 0.286. The van der Waals surface area contributed by atoms with E-state index in [2.05, 4.69) is 0 Å². The van der Waals surface area contributed by atoms with Crippen LogP contribution in [0.1, 0.15) is 23.6 Å². The van der Waals surface area contributed by atoms with Gasteiger partial charge in [0.25, 0.3) is 0 Å². The zero-order chi connectivity index (χ0) is 21.6. The largest absolute Gasteiger partial charge is 0.493 e. The van der Waals surface area contributed by atoms with E-state index in [9.17, 15) is 13.2 Å². The van der Waals surface area contributed by atoms with E-state index in [1.807, 2.05) is 6.92 Å². The van der Waals surface area contributed by atoms with Gasteiger partial charge in [-0.05, 0) is 50.6 Å². The van der Waals surface area contributed by atoms with Crippen LogP contribution in [0.25, 0.3) is 6.08 Å². The number of aryl methyl sites for hydroxylation is 2. The molecule has 0 heterocycles. The van der Waals surface area contributed by atoms with Gasteiger partial charge in [0, 0.05) is 11.6 Å². The standard InChI is InChI=1S/C21H24O7S/c1-6-27-19(22)12-11-17-15(3)13-18(25-4)21(26-5)20(17)28-29(23,24)16-9-7-14(2)8-10-16/h7-13H,6H2,1-5H3/b12-11+. The normalized spacial score (nSPS) is 11.3. The predicted octanol–water partition coefficient (Wildman–Crippen LogP) is 3.66. The summed E-state index contributed by atoms with van der Waals surface area (Å²) >= 11 is 0. The average Bonchev–Trinajstić information content (AvgIpc) is 2.67. The summed E-state index contributed by atoms with van der Waals surface area (Å²) in [7, 11) is -1.35. The number of rotatable bonds is 8. The maximum atomic E-state index is 12.9. The predicted molar refractivity (Wildman–Crippen MR) is 109 cm³/mol. The van der Waals surface area contributed by atoms with Crippen LogP contribution in [0.5, 0.6) is 17.2 Å². The van der Waals surface area contributed by atoms with Gasteiger partial charge in [-0.3, -0.25) is 0 Å². The molecule has 0 aliphatic rings. The van der Waals surface area contributed by atoms with Gasteiger partial charge >= 0.3 is 16.1 Å². The number of esters is 1. The molecule has 156 valence electrons. The van der Waals surface area contributed by atoms with Crippen molar-refractivity contribution in [2.45, 2.75) is 25.7 Å². The highest BCUT2D eigenvalue weighted by molar-refractivity contribution is 7.87. The molecular formula is C21H24O7S. The van der Waals surface area contributed by atoms with Crippen molar-refractivity contribution in [3.63, 3.8) is 0 Å². The summed E-state index contributed by atoms with van der Waals surface area (Å²) in [5, 5.41) is 0. The Morgan fingerprint density at radius 1 is 1.03 bits per heavy atom. The third kappa shape index (κ3) is 5.29. The van der Waals surface area contributed by atoms with Gasteiger partial charge in [0.2, 0.25) is 5.75 Å². The fourth-order valence-corrected chi connectivity index (χ4v) is 3.54. The summed E-state index contributed by atoms with van der Waals surface area (Å²) in [5.41, 5.74) is 1.89. The maximum absolute atomic E-state index is 12.9. The lowest BCUT2D eigenvalue weighted by Gasteiger charge is -2.18. The first kappa shape index (κ1) is 22.3. The van der Waals surface area contributed by atoms with E-state index in [1.54, 1.807) is 32.0 Å². The highest BCUT2D eigenvalue weighted by Gasteiger charge is 2.25. The smallest absolute Gasteiger partial charge is 0.339 e. The van der Waals surface area contributed by atoms with E-state index in [4.69, 9.17) is 18.4 Å². The van der Waals surface area contributed by atoms with E-state index in [1.165, 1.54) is 38.5 Å². The lowest BCUT2D eigenvalue weighted by atomic mass is 10.1. The van der Waals surface area contributed by atoms with Gasteiger partial charge in [0.05, 0.1) is 20.8 Å². The number of ether oxygens (including phenoxy) is 3. The van der Waals surface area contributed by atoms with E-state index in [0.29, 0.717) is 16.9 Å². The van der Waals surface area contributed by atoms with Crippen molar-refractivity contribution in [3.8, 4) is 17.2 Å². The van der Waals surface area contributed by atoms with E-state index < -0.39 is 16.1 Å². The summed E-state index contributed by atoms with van der Waals surface area (Å²) in [6, 6.07) is 7.92. The zero-order valence-electron chi connectivity index (χ0n) is 17.0. The van der Waals surface area contributed by atoms with Crippen LogP contribution >= 0.6 is 0 Å². The molecule has 2 aromatic carbocycles.